The molecule has 0 saturated carbocycles. The van der Waals surface area contributed by atoms with Crippen molar-refractivity contribution in [2.24, 2.45) is 0 Å². The summed E-state index contributed by atoms with van der Waals surface area (Å²) < 4.78 is 32.4. The Bertz CT molecular complexity index is 750. The fourth-order valence-electron chi connectivity index (χ4n) is 1.61. The van der Waals surface area contributed by atoms with Crippen LogP contribution in [0.25, 0.3) is 0 Å². The van der Waals surface area contributed by atoms with Gasteiger partial charge in [-0.1, -0.05) is 23.7 Å². The fraction of sp³-hybridized carbons (Fsp3) is 0.154. The van der Waals surface area contributed by atoms with E-state index >= 15 is 0 Å². The van der Waals surface area contributed by atoms with Crippen molar-refractivity contribution < 1.29 is 13.2 Å². The molecule has 0 atom stereocenters. The molecule has 0 unspecified atom stereocenters. The lowest BCUT2D eigenvalue weighted by molar-refractivity contribution is 0.342. The van der Waals surface area contributed by atoms with E-state index in [2.05, 4.69) is 9.71 Å². The van der Waals surface area contributed by atoms with Gasteiger partial charge in [0.1, 0.15) is 16.5 Å². The first-order chi connectivity index (χ1) is 9.94. The molecule has 1 aromatic heterocycles. The van der Waals surface area contributed by atoms with Crippen LogP contribution in [-0.4, -0.2) is 20.0 Å². The molecule has 6 nitrogen and oxygen atoms in total. The molecule has 0 radical (unpaired) electrons. The van der Waals surface area contributed by atoms with Crippen molar-refractivity contribution in [3.05, 3.63) is 41.6 Å². The van der Waals surface area contributed by atoms with Crippen LogP contribution in [-0.2, 0) is 10.0 Å². The zero-order chi connectivity index (χ0) is 15.5. The number of pyridine rings is 1. The standard InChI is InChI=1S/C13H14ClN3O3S/c1-2-20-12-6-4-3-5-11(12)17-21(18,19)9-7-10(14)13(15)16-8-9/h3-8,17H,2H2,1H3,(H2,15,16). The summed E-state index contributed by atoms with van der Waals surface area (Å²) in [6.45, 7) is 2.24. The summed E-state index contributed by atoms with van der Waals surface area (Å²) in [7, 11) is -3.83. The number of nitrogens with zero attached hydrogens (tertiary/aromatic N) is 1. The minimum Gasteiger partial charge on any atom is -0.492 e. The zero-order valence-corrected chi connectivity index (χ0v) is 12.8. The molecule has 2 aromatic rings. The quantitative estimate of drug-likeness (QED) is 0.880. The van der Waals surface area contributed by atoms with Crippen LogP contribution in [0, 0.1) is 0 Å². The van der Waals surface area contributed by atoms with E-state index in [0.29, 0.717) is 18.0 Å². The van der Waals surface area contributed by atoms with E-state index in [1.54, 1.807) is 24.3 Å². The number of nitrogens with one attached hydrogen (secondary N) is 1. The number of nitrogen functional groups attached to an aromatic ring is 1. The lowest BCUT2D eigenvalue weighted by Gasteiger charge is -2.12. The van der Waals surface area contributed by atoms with Crippen molar-refractivity contribution in [3.63, 3.8) is 0 Å². The molecule has 0 amide bonds. The smallest absolute Gasteiger partial charge is 0.263 e. The Hall–Kier alpha value is -1.99. The number of halogens is 1. The fourth-order valence-corrected chi connectivity index (χ4v) is 2.89. The van der Waals surface area contributed by atoms with Crippen LogP contribution >= 0.6 is 11.6 Å². The van der Waals surface area contributed by atoms with E-state index in [-0.39, 0.29) is 15.7 Å². The molecular weight excluding hydrogens is 314 g/mol. The van der Waals surface area contributed by atoms with Crippen molar-refractivity contribution in [2.45, 2.75) is 11.8 Å². The summed E-state index contributed by atoms with van der Waals surface area (Å²) in [6, 6.07) is 7.99. The number of sulfonamides is 1. The highest BCUT2D eigenvalue weighted by molar-refractivity contribution is 7.92. The van der Waals surface area contributed by atoms with Crippen LogP contribution in [0.15, 0.2) is 41.4 Å². The molecule has 0 spiro atoms. The number of nitrogens with two attached hydrogens (primary N) is 1. The molecule has 21 heavy (non-hydrogen) atoms. The molecule has 0 aliphatic carbocycles. The Labute approximate surface area is 128 Å². The van der Waals surface area contributed by atoms with E-state index in [1.165, 1.54) is 6.07 Å². The van der Waals surface area contributed by atoms with Crippen LogP contribution < -0.4 is 15.2 Å². The first kappa shape index (κ1) is 15.4. The van der Waals surface area contributed by atoms with E-state index in [9.17, 15) is 8.42 Å². The lowest BCUT2D eigenvalue weighted by Crippen LogP contribution is -2.14. The molecule has 0 aliphatic heterocycles. The van der Waals surface area contributed by atoms with Crippen molar-refractivity contribution in [2.75, 3.05) is 17.1 Å². The van der Waals surface area contributed by atoms with Gasteiger partial charge in [-0.3, -0.25) is 4.72 Å². The van der Waals surface area contributed by atoms with Crippen molar-refractivity contribution in [3.8, 4) is 5.75 Å². The Kier molecular flexibility index (Phi) is 4.54. The lowest BCUT2D eigenvalue weighted by atomic mass is 10.3. The van der Waals surface area contributed by atoms with Gasteiger partial charge in [-0.15, -0.1) is 0 Å². The highest BCUT2D eigenvalue weighted by atomic mass is 35.5. The maximum absolute atomic E-state index is 12.3. The molecule has 0 saturated heterocycles. The van der Waals surface area contributed by atoms with Gasteiger partial charge in [0.2, 0.25) is 0 Å². The average molecular weight is 328 g/mol. The van der Waals surface area contributed by atoms with Gasteiger partial charge in [-0.25, -0.2) is 13.4 Å². The predicted octanol–water partition coefficient (Wildman–Crippen LogP) is 2.52. The number of anilines is 2. The van der Waals surface area contributed by atoms with Crippen molar-refractivity contribution in [1.82, 2.24) is 4.98 Å². The van der Waals surface area contributed by atoms with Gasteiger partial charge in [0, 0.05) is 6.20 Å². The van der Waals surface area contributed by atoms with Crippen LogP contribution in [0.4, 0.5) is 11.5 Å². The molecule has 3 N–H and O–H groups in total. The number of hydrogen-bond acceptors (Lipinski definition) is 5. The first-order valence-corrected chi connectivity index (χ1v) is 7.96. The number of ether oxygens (including phenoxy) is 1. The largest absolute Gasteiger partial charge is 0.492 e. The maximum atomic E-state index is 12.3. The van der Waals surface area contributed by atoms with Crippen LogP contribution in [0.2, 0.25) is 5.02 Å². The predicted molar refractivity (Wildman–Crippen MR) is 82.1 cm³/mol. The normalized spacial score (nSPS) is 11.1. The second kappa shape index (κ2) is 6.19. The summed E-state index contributed by atoms with van der Waals surface area (Å²) in [6.07, 6.45) is 1.15. The maximum Gasteiger partial charge on any atom is 0.263 e. The van der Waals surface area contributed by atoms with Gasteiger partial charge in [0.05, 0.1) is 17.3 Å². The van der Waals surface area contributed by atoms with Gasteiger partial charge in [-0.05, 0) is 25.1 Å². The number of benzene rings is 1. The summed E-state index contributed by atoms with van der Waals surface area (Å²) >= 11 is 5.80. The van der Waals surface area contributed by atoms with Crippen molar-refractivity contribution >= 4 is 33.1 Å². The minimum absolute atomic E-state index is 0.0744. The number of aromatic nitrogens is 1. The summed E-state index contributed by atoms with van der Waals surface area (Å²) in [5.41, 5.74) is 5.81. The van der Waals surface area contributed by atoms with Crippen molar-refractivity contribution in [1.29, 1.82) is 0 Å². The Morgan fingerprint density at radius 3 is 2.76 bits per heavy atom. The summed E-state index contributed by atoms with van der Waals surface area (Å²) in [5, 5.41) is 0.0796. The monoisotopic (exact) mass is 327 g/mol. The third kappa shape index (κ3) is 3.56. The molecule has 8 heteroatoms. The minimum atomic E-state index is -3.83. The first-order valence-electron chi connectivity index (χ1n) is 6.09. The number of hydrogen-bond donors (Lipinski definition) is 2. The third-order valence-electron chi connectivity index (χ3n) is 2.59. The van der Waals surface area contributed by atoms with Crippen LogP contribution in [0.5, 0.6) is 5.75 Å². The summed E-state index contributed by atoms with van der Waals surface area (Å²) in [5.74, 6) is 0.517. The molecular formula is C13H14ClN3O3S. The summed E-state index contributed by atoms with van der Waals surface area (Å²) in [4.78, 5) is 3.66. The second-order valence-corrected chi connectivity index (χ2v) is 6.16. The molecule has 112 valence electrons. The Balaban J connectivity index is 2.35. The topological polar surface area (TPSA) is 94.3 Å². The highest BCUT2D eigenvalue weighted by Gasteiger charge is 2.18. The van der Waals surface area contributed by atoms with Gasteiger partial charge >= 0.3 is 0 Å². The van der Waals surface area contributed by atoms with Crippen LogP contribution in [0.3, 0.4) is 0 Å². The molecule has 0 bridgehead atoms. The second-order valence-electron chi connectivity index (χ2n) is 4.07. The van der Waals surface area contributed by atoms with E-state index in [4.69, 9.17) is 22.1 Å². The van der Waals surface area contributed by atoms with Gasteiger partial charge in [-0.2, -0.15) is 0 Å². The Morgan fingerprint density at radius 2 is 2.10 bits per heavy atom. The van der Waals surface area contributed by atoms with E-state index in [0.717, 1.165) is 6.20 Å². The number of para-hydroxylation sites is 2. The van der Waals surface area contributed by atoms with E-state index in [1.807, 2.05) is 6.92 Å². The van der Waals surface area contributed by atoms with E-state index < -0.39 is 10.0 Å². The molecule has 1 aromatic carbocycles. The van der Waals surface area contributed by atoms with Gasteiger partial charge in [0.15, 0.2) is 0 Å². The molecule has 2 rings (SSSR count). The van der Waals surface area contributed by atoms with Gasteiger partial charge < -0.3 is 10.5 Å². The zero-order valence-electron chi connectivity index (χ0n) is 11.2. The average Bonchev–Trinajstić information content (AvgIpc) is 2.44. The highest BCUT2D eigenvalue weighted by Crippen LogP contribution is 2.27. The number of rotatable bonds is 5. The van der Waals surface area contributed by atoms with Gasteiger partial charge in [0.25, 0.3) is 10.0 Å². The van der Waals surface area contributed by atoms with Crippen LogP contribution in [0.1, 0.15) is 6.92 Å². The molecule has 0 aliphatic rings. The molecule has 1 heterocycles. The third-order valence-corrected chi connectivity index (χ3v) is 4.22. The molecule has 0 fully saturated rings. The SMILES string of the molecule is CCOc1ccccc1NS(=O)(=O)c1cnc(N)c(Cl)c1. The Morgan fingerprint density at radius 1 is 1.38 bits per heavy atom.